The second kappa shape index (κ2) is 18.4. The Morgan fingerprint density at radius 3 is 2.30 bits per heavy atom. The number of nitrogen functional groups attached to an aromatic ring is 1. The molecule has 69 heavy (non-hydrogen) atoms. The Morgan fingerprint density at radius 2 is 1.59 bits per heavy atom. The number of rotatable bonds is 14. The minimum absolute atomic E-state index is 0.0102. The molecular formula is C60H87N3O6. The maximum absolute atomic E-state index is 15.5. The largest absolute Gasteiger partial charge is 0.508 e. The van der Waals surface area contributed by atoms with Crippen molar-refractivity contribution in [2.45, 2.75) is 205 Å². The van der Waals surface area contributed by atoms with Gasteiger partial charge in [-0.05, 0) is 190 Å². The normalized spacial score (nSPS) is 39.2. The van der Waals surface area contributed by atoms with Crippen LogP contribution in [-0.2, 0) is 20.9 Å². The maximum Gasteiger partial charge on any atom is 0.160 e. The van der Waals surface area contributed by atoms with E-state index in [1.54, 1.807) is 0 Å². The number of carbonyl (C=O) groups excluding carboxylic acids is 2. The van der Waals surface area contributed by atoms with Gasteiger partial charge in [-0.25, -0.2) is 0 Å². The molecule has 7 fully saturated rings. The number of aromatic hydroxyl groups is 1. The van der Waals surface area contributed by atoms with Crippen molar-refractivity contribution in [3.63, 3.8) is 0 Å². The minimum atomic E-state index is -0.680. The Kier molecular flexibility index (Phi) is 13.2. The zero-order valence-corrected chi connectivity index (χ0v) is 43.3. The van der Waals surface area contributed by atoms with E-state index in [0.29, 0.717) is 55.4 Å². The van der Waals surface area contributed by atoms with Gasteiger partial charge in [0.05, 0.1) is 17.8 Å². The molecule has 378 valence electrons. The van der Waals surface area contributed by atoms with Gasteiger partial charge in [0, 0.05) is 48.0 Å². The Balaban J connectivity index is 1.04. The van der Waals surface area contributed by atoms with E-state index in [2.05, 4.69) is 69.5 Å². The highest BCUT2D eigenvalue weighted by Gasteiger charge is 2.74. The Morgan fingerprint density at radius 1 is 0.855 bits per heavy atom. The second-order valence-corrected chi connectivity index (χ2v) is 25.6. The highest BCUT2D eigenvalue weighted by Crippen LogP contribution is 2.78. The number of carbonyl (C=O) groups is 2. The van der Waals surface area contributed by atoms with Crippen LogP contribution in [0.5, 0.6) is 5.75 Å². The molecule has 0 unspecified atom stereocenters. The van der Waals surface area contributed by atoms with E-state index < -0.39 is 28.6 Å². The summed E-state index contributed by atoms with van der Waals surface area (Å²) < 4.78 is 6.73. The number of ketones is 2. The first-order valence-electron chi connectivity index (χ1n) is 27.8. The van der Waals surface area contributed by atoms with Crippen molar-refractivity contribution in [2.24, 2.45) is 57.2 Å². The number of fused-ring (bicyclic) bond motifs is 5. The lowest BCUT2D eigenvalue weighted by Gasteiger charge is -2.73. The molecule has 6 saturated carbocycles. The molecule has 9 heteroatoms. The van der Waals surface area contributed by atoms with E-state index in [-0.39, 0.29) is 58.2 Å². The Hall–Kier alpha value is -3.08. The molecule has 2 aromatic rings. The minimum Gasteiger partial charge on any atom is -0.508 e. The van der Waals surface area contributed by atoms with Crippen LogP contribution >= 0.6 is 0 Å². The van der Waals surface area contributed by atoms with Crippen LogP contribution in [0.4, 0.5) is 5.69 Å². The highest BCUT2D eigenvalue weighted by atomic mass is 16.6. The number of hydrogen-bond acceptors (Lipinski definition) is 9. The number of anilines is 1. The number of benzene rings is 2. The van der Waals surface area contributed by atoms with E-state index in [0.717, 1.165) is 93.0 Å². The zero-order chi connectivity index (χ0) is 48.8. The van der Waals surface area contributed by atoms with Gasteiger partial charge in [-0.15, -0.1) is 0 Å². The summed E-state index contributed by atoms with van der Waals surface area (Å²) in [5, 5.41) is 41.9. The van der Waals surface area contributed by atoms with Crippen LogP contribution in [0.25, 0.3) is 0 Å². The van der Waals surface area contributed by atoms with E-state index >= 15 is 9.59 Å². The molecule has 0 amide bonds. The maximum atomic E-state index is 15.5. The molecule has 7 aliphatic carbocycles. The molecule has 0 aromatic heterocycles. The summed E-state index contributed by atoms with van der Waals surface area (Å²) in [7, 11) is 1.92. The molecule has 8 aliphatic rings. The first-order chi connectivity index (χ1) is 32.9. The average molecular weight is 946 g/mol. The lowest BCUT2D eigenvalue weighted by molar-refractivity contribution is -0.217. The SMILES string of the molecule is CNCc1cc(O)cc([C@@H]2C[C@@]3(C4CCCC4)[C@H]4CCC5=C([C@@H](C[C@@H](O)[C@H]6O[C@]6(C)[C@@H]6CCC[C@H]6c6cccc(N)c6)C6CCCCC6)C(=O)C[C@]5(C)[C@@]4(C)C[C@H](NC[C@H](C)O)[C@H]3C(C)(C)C2=O)c1. The highest BCUT2D eigenvalue weighted by molar-refractivity contribution is 6.01. The standard InChI is InChI=1S/C60H87N3O6/c1-35(64)33-63-48-31-58(5)51(60(40-18-11-12-19-40)30-45(54(68)56(2,3)53(48)60)39-25-36(34-62-7)26-42(65)28-39)24-23-47-52(50(67)32-57(47,58)4)44(37-15-9-8-10-16-37)29-49(66)55-59(6,69-55)46-22-14-21-43(46)38-17-13-20-41(61)27-38/h13,17,20,25-28,35,37,40,43-46,48-49,51,53,55,62-66H,8-12,14-16,18-19,21-24,29-34,61H2,1-7H3/t35-,43-,44-,45-,46+,48-,49+,51-,53-,55+,57-,58-,59+,60+/m0/s1. The quantitative estimate of drug-likeness (QED) is 0.0801. The number of aliphatic hydroxyl groups excluding tert-OH is 2. The van der Waals surface area contributed by atoms with Crippen molar-refractivity contribution in [3.05, 3.63) is 70.3 Å². The van der Waals surface area contributed by atoms with Gasteiger partial charge in [0.2, 0.25) is 0 Å². The van der Waals surface area contributed by atoms with Crippen LogP contribution in [0.3, 0.4) is 0 Å². The molecule has 7 N–H and O–H groups in total. The molecule has 0 radical (unpaired) electrons. The summed E-state index contributed by atoms with van der Waals surface area (Å²) in [6.07, 6.45) is 16.7. The van der Waals surface area contributed by atoms with Gasteiger partial charge in [-0.2, -0.15) is 0 Å². The number of epoxide rings is 1. The number of Topliss-reactive ketones (excluding diaryl/α,β-unsaturated/α-hetero) is 2. The molecule has 0 spiro atoms. The number of hydrogen-bond donors (Lipinski definition) is 6. The predicted molar refractivity (Wildman–Crippen MR) is 273 cm³/mol. The third kappa shape index (κ3) is 8.12. The molecule has 10 rings (SSSR count). The summed E-state index contributed by atoms with van der Waals surface area (Å²) in [6, 6.07) is 14.1. The lowest BCUT2D eigenvalue weighted by Crippen LogP contribution is -2.72. The lowest BCUT2D eigenvalue weighted by atomic mass is 9.32. The fourth-order valence-corrected chi connectivity index (χ4v) is 18.7. The fourth-order valence-electron chi connectivity index (χ4n) is 18.7. The Bertz CT molecular complexity index is 2300. The number of nitrogens with two attached hydrogens (primary N) is 1. The smallest absolute Gasteiger partial charge is 0.160 e. The monoisotopic (exact) mass is 946 g/mol. The molecule has 1 heterocycles. The van der Waals surface area contributed by atoms with Gasteiger partial charge in [0.25, 0.3) is 0 Å². The van der Waals surface area contributed by atoms with E-state index in [1.165, 1.54) is 43.2 Å². The molecular weight excluding hydrogens is 859 g/mol. The van der Waals surface area contributed by atoms with Gasteiger partial charge in [0.15, 0.2) is 5.78 Å². The Labute approximate surface area is 414 Å². The van der Waals surface area contributed by atoms with E-state index in [1.807, 2.05) is 32.2 Å². The molecule has 9 nitrogen and oxygen atoms in total. The fraction of sp³-hybridized carbons (Fsp3) is 0.733. The van der Waals surface area contributed by atoms with Crippen molar-refractivity contribution >= 4 is 17.3 Å². The van der Waals surface area contributed by atoms with E-state index in [4.69, 9.17) is 10.5 Å². The van der Waals surface area contributed by atoms with Crippen molar-refractivity contribution in [2.75, 3.05) is 19.3 Å². The van der Waals surface area contributed by atoms with Crippen LogP contribution in [0.1, 0.15) is 186 Å². The number of phenols is 1. The summed E-state index contributed by atoms with van der Waals surface area (Å²) in [5.74, 6) is 2.15. The number of ether oxygens (including phenoxy) is 1. The number of phenolic OH excluding ortho intramolecular Hbond substituents is 1. The first-order valence-corrected chi connectivity index (χ1v) is 27.8. The van der Waals surface area contributed by atoms with Crippen molar-refractivity contribution in [1.82, 2.24) is 10.6 Å². The van der Waals surface area contributed by atoms with Crippen LogP contribution in [0.15, 0.2) is 53.6 Å². The van der Waals surface area contributed by atoms with Gasteiger partial charge in [0.1, 0.15) is 17.6 Å². The van der Waals surface area contributed by atoms with Gasteiger partial charge < -0.3 is 36.4 Å². The average Bonchev–Trinajstić information content (AvgIpc) is 3.73. The van der Waals surface area contributed by atoms with Crippen molar-refractivity contribution in [3.8, 4) is 5.75 Å². The molecule has 1 saturated heterocycles. The van der Waals surface area contributed by atoms with Crippen LogP contribution in [0.2, 0.25) is 0 Å². The summed E-state index contributed by atoms with van der Waals surface area (Å²) >= 11 is 0. The zero-order valence-electron chi connectivity index (χ0n) is 43.3. The number of aliphatic hydroxyl groups is 2. The molecule has 0 bridgehead atoms. The summed E-state index contributed by atoms with van der Waals surface area (Å²) in [6.45, 7) is 14.6. The topological polar surface area (TPSA) is 157 Å². The predicted octanol–water partition coefficient (Wildman–Crippen LogP) is 10.7. The van der Waals surface area contributed by atoms with Crippen molar-refractivity contribution in [1.29, 1.82) is 0 Å². The van der Waals surface area contributed by atoms with Crippen LogP contribution < -0.4 is 16.4 Å². The summed E-state index contributed by atoms with van der Waals surface area (Å²) in [4.78, 5) is 30.9. The molecule has 2 aromatic carbocycles. The molecule has 1 aliphatic heterocycles. The third-order valence-electron chi connectivity index (χ3n) is 21.6. The van der Waals surface area contributed by atoms with E-state index in [9.17, 15) is 15.3 Å². The van der Waals surface area contributed by atoms with Gasteiger partial charge in [-0.3, -0.25) is 9.59 Å². The van der Waals surface area contributed by atoms with Gasteiger partial charge in [-0.1, -0.05) is 90.0 Å². The second-order valence-electron chi connectivity index (χ2n) is 25.6. The molecule has 14 atom stereocenters. The number of allylic oxidation sites excluding steroid dienone is 2. The third-order valence-corrected chi connectivity index (χ3v) is 21.6. The number of nitrogens with one attached hydrogen (secondary N) is 2. The first kappa shape index (κ1) is 49.5. The van der Waals surface area contributed by atoms with Gasteiger partial charge >= 0.3 is 0 Å². The van der Waals surface area contributed by atoms with Crippen LogP contribution in [-0.4, -0.2) is 70.4 Å². The van der Waals surface area contributed by atoms with Crippen molar-refractivity contribution < 1.29 is 29.6 Å². The summed E-state index contributed by atoms with van der Waals surface area (Å²) in [5.41, 5.74) is 10.7. The van der Waals surface area contributed by atoms with Crippen LogP contribution in [0, 0.1) is 57.2 Å².